The molecular formula is C34H26N2Si. The second kappa shape index (κ2) is 8.36. The quantitative estimate of drug-likeness (QED) is 0.241. The fourth-order valence-electron chi connectivity index (χ4n) is 5.84. The predicted octanol–water partition coefficient (Wildman–Crippen LogP) is 7.43. The van der Waals surface area contributed by atoms with Gasteiger partial charge < -0.3 is 0 Å². The maximum Gasteiger partial charge on any atom is 0.159 e. The molecule has 0 atom stereocenters. The fourth-order valence-corrected chi connectivity index (χ4v) is 9.12. The van der Waals surface area contributed by atoms with Crippen LogP contribution in [-0.4, -0.2) is 18.0 Å². The third-order valence-corrected chi connectivity index (χ3v) is 10.9. The van der Waals surface area contributed by atoms with Crippen molar-refractivity contribution in [2.75, 3.05) is 0 Å². The molecule has 0 spiro atoms. The largest absolute Gasteiger partial charge is 0.237 e. The lowest BCUT2D eigenvalue weighted by Gasteiger charge is -2.20. The molecule has 0 saturated heterocycles. The van der Waals surface area contributed by atoms with Gasteiger partial charge in [-0.1, -0.05) is 128 Å². The molecule has 1 aliphatic rings. The number of fused-ring (bicyclic) bond motifs is 5. The van der Waals surface area contributed by atoms with Gasteiger partial charge >= 0.3 is 0 Å². The summed E-state index contributed by atoms with van der Waals surface area (Å²) in [6.45, 7) is 4.88. The van der Waals surface area contributed by atoms with Gasteiger partial charge in [-0.15, -0.1) is 0 Å². The van der Waals surface area contributed by atoms with E-state index in [0.29, 0.717) is 0 Å². The van der Waals surface area contributed by atoms with Crippen molar-refractivity contribution >= 4 is 29.4 Å². The van der Waals surface area contributed by atoms with Crippen molar-refractivity contribution in [2.45, 2.75) is 13.1 Å². The number of benzene rings is 5. The second-order valence-electron chi connectivity index (χ2n) is 10.3. The molecule has 6 aromatic rings. The first-order chi connectivity index (χ1) is 18.1. The van der Waals surface area contributed by atoms with Gasteiger partial charge in [0.05, 0.1) is 5.69 Å². The van der Waals surface area contributed by atoms with Crippen LogP contribution in [0.2, 0.25) is 13.1 Å². The zero-order valence-corrected chi connectivity index (χ0v) is 21.9. The standard InChI is InChI=1S/C34H26N2Si/c1-37(2)32-28-19-10-9-14-24(28)20-21-29(32)30-31(35-33(36-34(30)37)25-15-7-4-8-16-25)27-18-11-17-26(22-27)23-12-5-3-6-13-23/h3-22H,1-2H3. The van der Waals surface area contributed by atoms with E-state index in [1.165, 1.54) is 43.5 Å². The molecule has 37 heavy (non-hydrogen) atoms. The Morgan fingerprint density at radius 2 is 1.19 bits per heavy atom. The summed E-state index contributed by atoms with van der Waals surface area (Å²) in [5.41, 5.74) is 8.11. The van der Waals surface area contributed by atoms with E-state index in [1.807, 2.05) is 6.07 Å². The highest BCUT2D eigenvalue weighted by Crippen LogP contribution is 2.39. The van der Waals surface area contributed by atoms with Gasteiger partial charge in [-0.3, -0.25) is 0 Å². The van der Waals surface area contributed by atoms with Gasteiger partial charge in [0.1, 0.15) is 8.07 Å². The SMILES string of the molecule is C[Si]1(C)c2nc(-c3ccccc3)nc(-c3cccc(-c4ccccc4)c3)c2-c2ccc3ccccc3c21. The summed E-state index contributed by atoms with van der Waals surface area (Å²) in [4.78, 5) is 10.6. The lowest BCUT2D eigenvalue weighted by molar-refractivity contribution is 1.21. The Bertz CT molecular complexity index is 1790. The summed E-state index contributed by atoms with van der Waals surface area (Å²) in [7, 11) is -2.10. The van der Waals surface area contributed by atoms with Gasteiger partial charge in [0.15, 0.2) is 5.82 Å². The van der Waals surface area contributed by atoms with Crippen LogP contribution in [0.3, 0.4) is 0 Å². The second-order valence-corrected chi connectivity index (χ2v) is 14.5. The highest BCUT2D eigenvalue weighted by molar-refractivity contribution is 7.04. The van der Waals surface area contributed by atoms with Crippen LogP contribution in [0.15, 0.2) is 121 Å². The van der Waals surface area contributed by atoms with E-state index in [4.69, 9.17) is 9.97 Å². The zero-order valence-electron chi connectivity index (χ0n) is 20.9. The van der Waals surface area contributed by atoms with Crippen molar-refractivity contribution in [3.8, 4) is 44.9 Å². The van der Waals surface area contributed by atoms with Crippen LogP contribution in [0.25, 0.3) is 55.7 Å². The normalized spacial score (nSPS) is 13.4. The van der Waals surface area contributed by atoms with E-state index in [2.05, 4.69) is 128 Å². The summed E-state index contributed by atoms with van der Waals surface area (Å²) in [5.74, 6) is 0.803. The summed E-state index contributed by atoms with van der Waals surface area (Å²) in [5, 5.41) is 5.34. The van der Waals surface area contributed by atoms with Crippen LogP contribution in [0, 0.1) is 0 Å². The van der Waals surface area contributed by atoms with Crippen LogP contribution in [0.1, 0.15) is 0 Å². The molecule has 1 aromatic heterocycles. The highest BCUT2D eigenvalue weighted by atomic mass is 28.3. The summed E-state index contributed by atoms with van der Waals surface area (Å²) in [6.07, 6.45) is 0. The molecule has 1 aliphatic heterocycles. The molecule has 0 unspecified atom stereocenters. The van der Waals surface area contributed by atoms with E-state index in [9.17, 15) is 0 Å². The maximum absolute atomic E-state index is 5.32. The van der Waals surface area contributed by atoms with E-state index >= 15 is 0 Å². The molecule has 3 heteroatoms. The van der Waals surface area contributed by atoms with Crippen molar-refractivity contribution in [3.63, 3.8) is 0 Å². The molecule has 0 fully saturated rings. The molecule has 7 rings (SSSR count). The Hall–Kier alpha value is -4.34. The minimum atomic E-state index is -2.10. The lowest BCUT2D eigenvalue weighted by Crippen LogP contribution is -2.51. The summed E-state index contributed by atoms with van der Waals surface area (Å²) < 4.78 is 0. The molecule has 0 radical (unpaired) electrons. The number of hydrogen-bond donors (Lipinski definition) is 0. The molecule has 5 aromatic carbocycles. The Morgan fingerprint density at radius 1 is 0.541 bits per heavy atom. The van der Waals surface area contributed by atoms with Gasteiger partial charge in [-0.25, -0.2) is 9.97 Å². The van der Waals surface area contributed by atoms with Gasteiger partial charge in [-0.05, 0) is 38.7 Å². The van der Waals surface area contributed by atoms with E-state index in [0.717, 1.165) is 22.6 Å². The third-order valence-electron chi connectivity index (χ3n) is 7.60. The Balaban J connectivity index is 1.55. The van der Waals surface area contributed by atoms with Gasteiger partial charge in [0.2, 0.25) is 0 Å². The molecule has 176 valence electrons. The topological polar surface area (TPSA) is 25.8 Å². The van der Waals surface area contributed by atoms with Gasteiger partial charge in [-0.2, -0.15) is 0 Å². The molecule has 0 N–H and O–H groups in total. The van der Waals surface area contributed by atoms with Crippen molar-refractivity contribution < 1.29 is 0 Å². The number of hydrogen-bond acceptors (Lipinski definition) is 2. The van der Waals surface area contributed by atoms with Crippen LogP contribution in [-0.2, 0) is 0 Å². The third kappa shape index (κ3) is 3.46. The van der Waals surface area contributed by atoms with Crippen LogP contribution < -0.4 is 10.5 Å². The molecule has 0 aliphatic carbocycles. The van der Waals surface area contributed by atoms with Crippen molar-refractivity contribution in [1.82, 2.24) is 9.97 Å². The average Bonchev–Trinajstić information content (AvgIpc) is 3.20. The van der Waals surface area contributed by atoms with Crippen molar-refractivity contribution in [1.29, 1.82) is 0 Å². The zero-order chi connectivity index (χ0) is 25.0. The first-order valence-electron chi connectivity index (χ1n) is 12.8. The number of rotatable bonds is 3. The maximum atomic E-state index is 5.32. The van der Waals surface area contributed by atoms with Crippen LogP contribution >= 0.6 is 0 Å². The molecule has 2 nitrogen and oxygen atoms in total. The summed E-state index contributed by atoms with van der Waals surface area (Å²) in [6, 6.07) is 43.1. The molecular weight excluding hydrogens is 464 g/mol. The minimum Gasteiger partial charge on any atom is -0.237 e. The van der Waals surface area contributed by atoms with Crippen molar-refractivity contribution in [2.24, 2.45) is 0 Å². The average molecular weight is 491 g/mol. The Kier molecular flexibility index (Phi) is 4.95. The van der Waals surface area contributed by atoms with Crippen molar-refractivity contribution in [3.05, 3.63) is 121 Å². The Morgan fingerprint density at radius 3 is 1.97 bits per heavy atom. The van der Waals surface area contributed by atoms with E-state index in [1.54, 1.807) is 0 Å². The first kappa shape index (κ1) is 21.9. The van der Waals surface area contributed by atoms with E-state index in [-0.39, 0.29) is 0 Å². The fraction of sp³-hybridized carbons (Fsp3) is 0.0588. The predicted molar refractivity (Wildman–Crippen MR) is 158 cm³/mol. The lowest BCUT2D eigenvalue weighted by atomic mass is 9.96. The Labute approximate surface area is 218 Å². The summed E-state index contributed by atoms with van der Waals surface area (Å²) >= 11 is 0. The first-order valence-corrected chi connectivity index (χ1v) is 15.8. The van der Waals surface area contributed by atoms with Crippen LogP contribution in [0.4, 0.5) is 0 Å². The molecule has 0 bridgehead atoms. The van der Waals surface area contributed by atoms with E-state index < -0.39 is 8.07 Å². The smallest absolute Gasteiger partial charge is 0.159 e. The minimum absolute atomic E-state index is 0.803. The molecule has 2 heterocycles. The molecule has 0 amide bonds. The highest BCUT2D eigenvalue weighted by Gasteiger charge is 2.42. The van der Waals surface area contributed by atoms with Gasteiger partial charge in [0.25, 0.3) is 0 Å². The number of aromatic nitrogens is 2. The molecule has 0 saturated carbocycles. The number of nitrogens with zero attached hydrogens (tertiary/aromatic N) is 2. The van der Waals surface area contributed by atoms with Gasteiger partial charge in [0, 0.05) is 22.0 Å². The van der Waals surface area contributed by atoms with Crippen LogP contribution in [0.5, 0.6) is 0 Å². The monoisotopic (exact) mass is 490 g/mol.